The zero-order valence-corrected chi connectivity index (χ0v) is 17.6. The van der Waals surface area contributed by atoms with Gasteiger partial charge in [0.05, 0.1) is 0 Å². The molecule has 0 aliphatic heterocycles. The van der Waals surface area contributed by atoms with Gasteiger partial charge >= 0.3 is 0 Å². The molecule has 3 aromatic carbocycles. The van der Waals surface area contributed by atoms with Gasteiger partial charge in [0.2, 0.25) is 0 Å². The van der Waals surface area contributed by atoms with Gasteiger partial charge < -0.3 is 9.64 Å². The fourth-order valence-electron chi connectivity index (χ4n) is 3.02. The molecule has 0 unspecified atom stereocenters. The molecule has 0 N–H and O–H groups in total. The first-order chi connectivity index (χ1) is 14.0. The third kappa shape index (κ3) is 6.37. The number of nitrogens with zero attached hydrogens (tertiary/aromatic N) is 1. The van der Waals surface area contributed by atoms with Crippen LogP contribution in [-0.4, -0.2) is 17.4 Å². The van der Waals surface area contributed by atoms with E-state index in [1.807, 2.05) is 59.5 Å². The Hall–Kier alpha value is -2.78. The van der Waals surface area contributed by atoms with Crippen LogP contribution in [-0.2, 0) is 17.9 Å². The van der Waals surface area contributed by atoms with Crippen LogP contribution in [0.2, 0.25) is 5.02 Å². The molecule has 4 heteroatoms. The van der Waals surface area contributed by atoms with E-state index in [0.29, 0.717) is 29.8 Å². The first kappa shape index (κ1) is 20.9. The van der Waals surface area contributed by atoms with Gasteiger partial charge in [0, 0.05) is 18.1 Å². The Kier molecular flexibility index (Phi) is 7.31. The number of benzene rings is 3. The summed E-state index contributed by atoms with van der Waals surface area (Å²) in [5, 5.41) is 0.684. The number of halogens is 1. The highest BCUT2D eigenvalue weighted by molar-refractivity contribution is 6.30. The number of carbonyl (C=O) groups is 1. The lowest BCUT2D eigenvalue weighted by molar-refractivity contribution is -0.134. The van der Waals surface area contributed by atoms with Crippen LogP contribution in [0, 0.1) is 0 Å². The maximum absolute atomic E-state index is 12.9. The molecule has 0 fully saturated rings. The number of carbonyl (C=O) groups excluding carboxylic acids is 1. The Morgan fingerprint density at radius 3 is 1.97 bits per heavy atom. The lowest BCUT2D eigenvalue weighted by Gasteiger charge is -2.23. The summed E-state index contributed by atoms with van der Waals surface area (Å²) in [5.74, 6) is 1.11. The van der Waals surface area contributed by atoms with Gasteiger partial charge in [-0.05, 0) is 46.9 Å². The minimum Gasteiger partial charge on any atom is -0.484 e. The van der Waals surface area contributed by atoms with Crippen molar-refractivity contribution in [3.63, 3.8) is 0 Å². The van der Waals surface area contributed by atoms with Gasteiger partial charge in [-0.1, -0.05) is 80.0 Å². The molecule has 0 spiro atoms. The molecule has 0 atom stereocenters. The number of ether oxygens (including phenoxy) is 1. The molecule has 3 aromatic rings. The topological polar surface area (TPSA) is 29.5 Å². The van der Waals surface area contributed by atoms with Crippen molar-refractivity contribution in [1.29, 1.82) is 0 Å². The normalized spacial score (nSPS) is 10.8. The molecular formula is C25H26ClNO2. The van der Waals surface area contributed by atoms with E-state index in [2.05, 4.69) is 38.1 Å². The van der Waals surface area contributed by atoms with Crippen molar-refractivity contribution in [3.05, 3.63) is 101 Å². The van der Waals surface area contributed by atoms with Crippen molar-refractivity contribution in [3.8, 4) is 5.75 Å². The van der Waals surface area contributed by atoms with Crippen molar-refractivity contribution in [2.45, 2.75) is 32.9 Å². The van der Waals surface area contributed by atoms with Crippen LogP contribution in [0.15, 0.2) is 78.9 Å². The number of para-hydroxylation sites is 1. The van der Waals surface area contributed by atoms with Gasteiger partial charge in [-0.25, -0.2) is 0 Å². The van der Waals surface area contributed by atoms with E-state index in [1.54, 1.807) is 0 Å². The zero-order chi connectivity index (χ0) is 20.6. The average molecular weight is 408 g/mol. The molecule has 0 radical (unpaired) electrons. The summed E-state index contributed by atoms with van der Waals surface area (Å²) in [6.07, 6.45) is 0. The Morgan fingerprint density at radius 2 is 1.41 bits per heavy atom. The number of amides is 1. The number of hydrogen-bond acceptors (Lipinski definition) is 2. The zero-order valence-electron chi connectivity index (χ0n) is 16.8. The third-order valence-corrected chi connectivity index (χ3v) is 5.02. The molecule has 0 aliphatic rings. The van der Waals surface area contributed by atoms with Gasteiger partial charge in [0.25, 0.3) is 5.91 Å². The Morgan fingerprint density at radius 1 is 0.862 bits per heavy atom. The molecular weight excluding hydrogens is 382 g/mol. The second kappa shape index (κ2) is 10.1. The van der Waals surface area contributed by atoms with Crippen LogP contribution in [0.4, 0.5) is 0 Å². The molecule has 150 valence electrons. The van der Waals surface area contributed by atoms with E-state index in [4.69, 9.17) is 16.3 Å². The molecule has 3 nitrogen and oxygen atoms in total. The van der Waals surface area contributed by atoms with Crippen molar-refractivity contribution >= 4 is 17.5 Å². The van der Waals surface area contributed by atoms with E-state index < -0.39 is 0 Å². The van der Waals surface area contributed by atoms with E-state index in [1.165, 1.54) is 5.56 Å². The highest BCUT2D eigenvalue weighted by Gasteiger charge is 2.16. The molecule has 0 bridgehead atoms. The Bertz CT molecular complexity index is 906. The van der Waals surface area contributed by atoms with Crippen LogP contribution in [0.25, 0.3) is 0 Å². The summed E-state index contributed by atoms with van der Waals surface area (Å²) in [4.78, 5) is 14.8. The van der Waals surface area contributed by atoms with Gasteiger partial charge in [-0.2, -0.15) is 0 Å². The molecule has 0 aromatic heterocycles. The minimum atomic E-state index is -0.0586. The van der Waals surface area contributed by atoms with Crippen LogP contribution in [0.5, 0.6) is 5.75 Å². The summed E-state index contributed by atoms with van der Waals surface area (Å²) >= 11 is 6.00. The van der Waals surface area contributed by atoms with E-state index >= 15 is 0 Å². The molecule has 0 saturated heterocycles. The first-order valence-electron chi connectivity index (χ1n) is 9.80. The predicted molar refractivity (Wildman–Crippen MR) is 118 cm³/mol. The summed E-state index contributed by atoms with van der Waals surface area (Å²) in [5.41, 5.74) is 3.41. The van der Waals surface area contributed by atoms with Crippen LogP contribution < -0.4 is 4.74 Å². The predicted octanol–water partition coefficient (Wildman–Crippen LogP) is 6.07. The van der Waals surface area contributed by atoms with Crippen LogP contribution in [0.3, 0.4) is 0 Å². The van der Waals surface area contributed by atoms with Crippen LogP contribution in [0.1, 0.15) is 36.5 Å². The lowest BCUT2D eigenvalue weighted by Crippen LogP contribution is -2.34. The number of rotatable bonds is 8. The summed E-state index contributed by atoms with van der Waals surface area (Å²) in [6.45, 7) is 5.37. The first-order valence-corrected chi connectivity index (χ1v) is 10.2. The SMILES string of the molecule is CC(C)c1ccc(CN(Cc2ccc(Cl)cc2)C(=O)COc2ccccc2)cc1. The Balaban J connectivity index is 1.72. The fourth-order valence-corrected chi connectivity index (χ4v) is 3.15. The third-order valence-electron chi connectivity index (χ3n) is 4.76. The van der Waals surface area contributed by atoms with Gasteiger partial charge in [-0.15, -0.1) is 0 Å². The van der Waals surface area contributed by atoms with Gasteiger partial charge in [-0.3, -0.25) is 4.79 Å². The van der Waals surface area contributed by atoms with E-state index in [-0.39, 0.29) is 12.5 Å². The summed E-state index contributed by atoms with van der Waals surface area (Å²) in [7, 11) is 0. The monoisotopic (exact) mass is 407 g/mol. The maximum Gasteiger partial charge on any atom is 0.261 e. The lowest BCUT2D eigenvalue weighted by atomic mass is 10.0. The highest BCUT2D eigenvalue weighted by atomic mass is 35.5. The quantitative estimate of drug-likeness (QED) is 0.453. The highest BCUT2D eigenvalue weighted by Crippen LogP contribution is 2.18. The molecule has 0 aliphatic carbocycles. The second-order valence-corrected chi connectivity index (χ2v) is 7.81. The largest absolute Gasteiger partial charge is 0.484 e. The summed E-state index contributed by atoms with van der Waals surface area (Å²) in [6, 6.07) is 25.4. The second-order valence-electron chi connectivity index (χ2n) is 7.37. The van der Waals surface area contributed by atoms with Crippen molar-refractivity contribution < 1.29 is 9.53 Å². The molecule has 29 heavy (non-hydrogen) atoms. The summed E-state index contributed by atoms with van der Waals surface area (Å²) < 4.78 is 5.68. The van der Waals surface area contributed by atoms with Crippen LogP contribution >= 0.6 is 11.6 Å². The smallest absolute Gasteiger partial charge is 0.261 e. The average Bonchev–Trinajstić information content (AvgIpc) is 2.74. The standard InChI is InChI=1S/C25H26ClNO2/c1-19(2)22-12-8-20(9-13-22)16-27(17-21-10-14-23(26)15-11-21)25(28)18-29-24-6-4-3-5-7-24/h3-15,19H,16-18H2,1-2H3. The molecule has 3 rings (SSSR count). The Labute approximate surface area is 177 Å². The fraction of sp³-hybridized carbons (Fsp3) is 0.240. The van der Waals surface area contributed by atoms with E-state index in [0.717, 1.165) is 11.1 Å². The maximum atomic E-state index is 12.9. The minimum absolute atomic E-state index is 0.00167. The van der Waals surface area contributed by atoms with Crippen molar-refractivity contribution in [2.75, 3.05) is 6.61 Å². The molecule has 0 heterocycles. The molecule has 1 amide bonds. The van der Waals surface area contributed by atoms with Gasteiger partial charge in [0.1, 0.15) is 5.75 Å². The van der Waals surface area contributed by atoms with Crippen molar-refractivity contribution in [1.82, 2.24) is 4.90 Å². The van der Waals surface area contributed by atoms with Gasteiger partial charge in [0.15, 0.2) is 6.61 Å². The van der Waals surface area contributed by atoms with E-state index in [9.17, 15) is 4.79 Å². The molecule has 0 saturated carbocycles. The van der Waals surface area contributed by atoms with Crippen molar-refractivity contribution in [2.24, 2.45) is 0 Å². The number of hydrogen-bond donors (Lipinski definition) is 0.